The highest BCUT2D eigenvalue weighted by atomic mass is 19.2. The Hall–Kier alpha value is -3.36. The summed E-state index contributed by atoms with van der Waals surface area (Å²) >= 11 is 0. The van der Waals surface area contributed by atoms with Crippen molar-refractivity contribution < 1.29 is 13.6 Å². The lowest BCUT2D eigenvalue weighted by Gasteiger charge is -2.23. The number of aromatic nitrogens is 4. The van der Waals surface area contributed by atoms with Gasteiger partial charge in [-0.2, -0.15) is 10.2 Å². The first-order chi connectivity index (χ1) is 14.7. The first-order valence-electron chi connectivity index (χ1n) is 10.1. The first-order valence-corrected chi connectivity index (χ1v) is 10.1. The van der Waals surface area contributed by atoms with Crippen molar-refractivity contribution in [2.75, 3.05) is 0 Å². The Morgan fingerprint density at radius 2 is 1.87 bits per heavy atom. The third kappa shape index (κ3) is 5.62. The van der Waals surface area contributed by atoms with Crippen molar-refractivity contribution in [1.82, 2.24) is 24.9 Å². The van der Waals surface area contributed by atoms with E-state index in [1.165, 1.54) is 22.9 Å². The molecule has 0 radical (unpaired) electrons. The van der Waals surface area contributed by atoms with Crippen molar-refractivity contribution >= 4 is 5.91 Å². The molecule has 1 N–H and O–H groups in total. The molecule has 0 aliphatic heterocycles. The van der Waals surface area contributed by atoms with Gasteiger partial charge in [-0.3, -0.25) is 14.3 Å². The van der Waals surface area contributed by atoms with E-state index < -0.39 is 11.6 Å². The van der Waals surface area contributed by atoms with Crippen molar-refractivity contribution in [3.8, 4) is 11.3 Å². The quantitative estimate of drug-likeness (QED) is 0.597. The van der Waals surface area contributed by atoms with Crippen LogP contribution >= 0.6 is 0 Å². The SMILES string of the molecule is Cc1ccnn1CCC(=O)N[C@@H](Cn1nc(-c2ccc(F)c(F)c2)ccc1=O)C(C)C. The number of carbonyl (C=O) groups is 1. The van der Waals surface area contributed by atoms with Crippen LogP contribution in [0.15, 0.2) is 47.4 Å². The average Bonchev–Trinajstić information content (AvgIpc) is 3.14. The summed E-state index contributed by atoms with van der Waals surface area (Å²) in [4.78, 5) is 24.8. The lowest BCUT2D eigenvalue weighted by molar-refractivity contribution is -0.122. The maximum atomic E-state index is 13.6. The highest BCUT2D eigenvalue weighted by molar-refractivity contribution is 5.76. The fraction of sp³-hybridized carbons (Fsp3) is 0.364. The van der Waals surface area contributed by atoms with Gasteiger partial charge in [0.25, 0.3) is 5.56 Å². The largest absolute Gasteiger partial charge is 0.351 e. The molecule has 164 valence electrons. The van der Waals surface area contributed by atoms with Crippen molar-refractivity contribution in [2.24, 2.45) is 5.92 Å². The Morgan fingerprint density at radius 3 is 2.52 bits per heavy atom. The zero-order chi connectivity index (χ0) is 22.5. The molecule has 0 aliphatic rings. The molecule has 7 nitrogen and oxygen atoms in total. The molecule has 9 heteroatoms. The number of amides is 1. The molecule has 1 amide bonds. The van der Waals surface area contributed by atoms with Crippen molar-refractivity contribution in [3.63, 3.8) is 0 Å². The summed E-state index contributed by atoms with van der Waals surface area (Å²) < 4.78 is 29.8. The van der Waals surface area contributed by atoms with Gasteiger partial charge < -0.3 is 5.32 Å². The van der Waals surface area contributed by atoms with Crippen LogP contribution in [0.5, 0.6) is 0 Å². The van der Waals surface area contributed by atoms with Crippen LogP contribution in [0.4, 0.5) is 8.78 Å². The molecule has 0 unspecified atom stereocenters. The second-order valence-electron chi connectivity index (χ2n) is 7.73. The minimum Gasteiger partial charge on any atom is -0.351 e. The summed E-state index contributed by atoms with van der Waals surface area (Å²) in [6, 6.07) is 7.76. The number of nitrogens with zero attached hydrogens (tertiary/aromatic N) is 4. The van der Waals surface area contributed by atoms with Gasteiger partial charge in [0.15, 0.2) is 11.6 Å². The molecule has 0 fully saturated rings. The average molecular weight is 429 g/mol. The molecular formula is C22H25F2N5O2. The van der Waals surface area contributed by atoms with Gasteiger partial charge in [-0.25, -0.2) is 13.5 Å². The zero-order valence-corrected chi connectivity index (χ0v) is 17.7. The summed E-state index contributed by atoms with van der Waals surface area (Å²) in [5, 5.41) is 11.4. The van der Waals surface area contributed by atoms with E-state index in [-0.39, 0.29) is 36.4 Å². The first kappa shape index (κ1) is 22.3. The zero-order valence-electron chi connectivity index (χ0n) is 17.7. The molecule has 0 bridgehead atoms. The van der Waals surface area contributed by atoms with E-state index in [1.807, 2.05) is 26.8 Å². The van der Waals surface area contributed by atoms with Crippen LogP contribution in [0.2, 0.25) is 0 Å². The molecule has 3 aromatic rings. The summed E-state index contributed by atoms with van der Waals surface area (Å²) in [5.74, 6) is -2.06. The van der Waals surface area contributed by atoms with Gasteiger partial charge in [0.2, 0.25) is 5.91 Å². The van der Waals surface area contributed by atoms with Crippen LogP contribution in [0.25, 0.3) is 11.3 Å². The van der Waals surface area contributed by atoms with E-state index >= 15 is 0 Å². The Kier molecular flexibility index (Phi) is 6.94. The summed E-state index contributed by atoms with van der Waals surface area (Å²) in [6.45, 7) is 6.40. The molecule has 1 atom stereocenters. The van der Waals surface area contributed by atoms with Gasteiger partial charge in [0.1, 0.15) is 0 Å². The Balaban J connectivity index is 1.73. The van der Waals surface area contributed by atoms with Crippen molar-refractivity contribution in [2.45, 2.75) is 46.3 Å². The van der Waals surface area contributed by atoms with Crippen LogP contribution in [-0.2, 0) is 17.9 Å². The maximum Gasteiger partial charge on any atom is 0.266 e. The minimum atomic E-state index is -0.989. The number of benzene rings is 1. The van der Waals surface area contributed by atoms with Crippen molar-refractivity contribution in [1.29, 1.82) is 0 Å². The maximum absolute atomic E-state index is 13.6. The number of nitrogens with one attached hydrogen (secondary N) is 1. The lowest BCUT2D eigenvalue weighted by Crippen LogP contribution is -2.44. The Labute approximate surface area is 178 Å². The highest BCUT2D eigenvalue weighted by Gasteiger charge is 2.19. The molecule has 0 spiro atoms. The molecule has 1 aromatic carbocycles. The number of halogens is 2. The third-order valence-corrected chi connectivity index (χ3v) is 5.08. The van der Waals surface area contributed by atoms with E-state index in [0.717, 1.165) is 17.8 Å². The molecule has 2 heterocycles. The number of rotatable bonds is 8. The van der Waals surface area contributed by atoms with E-state index in [0.29, 0.717) is 17.8 Å². The number of hydrogen-bond donors (Lipinski definition) is 1. The van der Waals surface area contributed by atoms with Crippen LogP contribution in [0, 0.1) is 24.5 Å². The predicted octanol–water partition coefficient (Wildman–Crippen LogP) is 2.92. The van der Waals surface area contributed by atoms with E-state index in [1.54, 1.807) is 10.9 Å². The van der Waals surface area contributed by atoms with Crippen molar-refractivity contribution in [3.05, 3.63) is 70.3 Å². The Morgan fingerprint density at radius 1 is 1.10 bits per heavy atom. The minimum absolute atomic E-state index is 0.0380. The normalized spacial score (nSPS) is 12.2. The molecule has 31 heavy (non-hydrogen) atoms. The number of hydrogen-bond acceptors (Lipinski definition) is 4. The number of carbonyl (C=O) groups excluding carboxylic acids is 1. The molecule has 0 saturated carbocycles. The molecule has 0 aliphatic carbocycles. The summed E-state index contributed by atoms with van der Waals surface area (Å²) in [6.07, 6.45) is 1.94. The number of aryl methyl sites for hydroxylation is 2. The fourth-order valence-electron chi connectivity index (χ4n) is 3.12. The second kappa shape index (κ2) is 9.63. The monoisotopic (exact) mass is 429 g/mol. The highest BCUT2D eigenvalue weighted by Crippen LogP contribution is 2.18. The van der Waals surface area contributed by atoms with Crippen LogP contribution in [0.1, 0.15) is 26.0 Å². The molecule has 2 aromatic heterocycles. The van der Waals surface area contributed by atoms with Crippen LogP contribution < -0.4 is 10.9 Å². The summed E-state index contributed by atoms with van der Waals surface area (Å²) in [7, 11) is 0. The van der Waals surface area contributed by atoms with Gasteiger partial charge in [-0.15, -0.1) is 0 Å². The van der Waals surface area contributed by atoms with Gasteiger partial charge in [-0.05, 0) is 43.2 Å². The standard InChI is InChI=1S/C22H25F2N5O2/c1-14(2)20(26-21(30)9-11-28-15(3)8-10-25-28)13-29-22(31)7-6-19(27-29)16-4-5-17(23)18(24)12-16/h4-8,10,12,14,20H,9,11,13H2,1-3H3,(H,26,30)/t20-/m0/s1. The topological polar surface area (TPSA) is 81.8 Å². The van der Waals surface area contributed by atoms with E-state index in [4.69, 9.17) is 0 Å². The van der Waals surface area contributed by atoms with Gasteiger partial charge >= 0.3 is 0 Å². The van der Waals surface area contributed by atoms with E-state index in [9.17, 15) is 18.4 Å². The van der Waals surface area contributed by atoms with Gasteiger partial charge in [-0.1, -0.05) is 13.8 Å². The van der Waals surface area contributed by atoms with Crippen LogP contribution in [0.3, 0.4) is 0 Å². The van der Waals surface area contributed by atoms with E-state index in [2.05, 4.69) is 15.5 Å². The molecule has 3 rings (SSSR count). The second-order valence-corrected chi connectivity index (χ2v) is 7.73. The fourth-order valence-corrected chi connectivity index (χ4v) is 3.12. The summed E-state index contributed by atoms with van der Waals surface area (Å²) in [5.41, 5.74) is 1.31. The molecule has 0 saturated heterocycles. The predicted molar refractivity (Wildman–Crippen MR) is 112 cm³/mol. The van der Waals surface area contributed by atoms with Gasteiger partial charge in [0, 0.05) is 36.5 Å². The van der Waals surface area contributed by atoms with Crippen LogP contribution in [-0.4, -0.2) is 31.5 Å². The Bertz CT molecular complexity index is 1120. The van der Waals surface area contributed by atoms with Gasteiger partial charge in [0.05, 0.1) is 18.3 Å². The lowest BCUT2D eigenvalue weighted by atomic mass is 10.0. The molecular weight excluding hydrogens is 404 g/mol. The third-order valence-electron chi connectivity index (χ3n) is 5.08. The smallest absolute Gasteiger partial charge is 0.266 e.